The number of unbranched alkanes of at least 4 members (excludes halogenated alkanes) is 1. The van der Waals surface area contributed by atoms with Crippen LogP contribution in [0.5, 0.6) is 5.75 Å². The second kappa shape index (κ2) is 6.34. The minimum atomic E-state index is -0.222. The van der Waals surface area contributed by atoms with Crippen molar-refractivity contribution in [3.63, 3.8) is 0 Å². The van der Waals surface area contributed by atoms with Crippen molar-refractivity contribution in [1.82, 2.24) is 4.98 Å². The number of rotatable bonds is 5. The normalized spacial score (nSPS) is 13.2. The van der Waals surface area contributed by atoms with Crippen LogP contribution < -0.4 is 0 Å². The van der Waals surface area contributed by atoms with Crippen molar-refractivity contribution < 1.29 is 10.2 Å². The highest BCUT2D eigenvalue weighted by atomic mass is 16.3. The third-order valence-electron chi connectivity index (χ3n) is 3.01. The number of aliphatic hydroxyl groups excluding tert-OH is 1. The number of nitrogens with zero attached hydrogens (tertiary/aromatic N) is 1. The van der Waals surface area contributed by atoms with Gasteiger partial charge in [-0.3, -0.25) is 4.98 Å². The van der Waals surface area contributed by atoms with Crippen LogP contribution in [0, 0.1) is 0 Å². The molecule has 0 saturated carbocycles. The van der Waals surface area contributed by atoms with E-state index in [1.165, 1.54) is 0 Å². The Bertz CT molecular complexity index is 576. The number of allylic oxidation sites excluding steroid dienone is 1. The molecule has 0 aliphatic carbocycles. The Hall–Kier alpha value is -1.87. The maximum absolute atomic E-state index is 9.38. The Morgan fingerprint density at radius 3 is 2.89 bits per heavy atom. The summed E-state index contributed by atoms with van der Waals surface area (Å²) in [5, 5.41) is 20.5. The van der Waals surface area contributed by atoms with Gasteiger partial charge in [0.2, 0.25) is 0 Å². The van der Waals surface area contributed by atoms with E-state index in [-0.39, 0.29) is 11.9 Å². The first-order valence-corrected chi connectivity index (χ1v) is 6.58. The van der Waals surface area contributed by atoms with Crippen molar-refractivity contribution in [3.05, 3.63) is 42.2 Å². The molecule has 1 heterocycles. The van der Waals surface area contributed by atoms with Gasteiger partial charge in [-0.25, -0.2) is 0 Å². The van der Waals surface area contributed by atoms with Crippen LogP contribution in [-0.2, 0) is 0 Å². The number of hydrogen-bond donors (Lipinski definition) is 2. The average Bonchev–Trinajstić information content (AvgIpc) is 2.38. The third-order valence-corrected chi connectivity index (χ3v) is 3.01. The average molecular weight is 257 g/mol. The van der Waals surface area contributed by atoms with Crippen molar-refractivity contribution in [1.29, 1.82) is 0 Å². The molecule has 3 nitrogen and oxygen atoms in total. The molecule has 0 radical (unpaired) electrons. The van der Waals surface area contributed by atoms with Crippen molar-refractivity contribution >= 4 is 16.8 Å². The highest BCUT2D eigenvalue weighted by molar-refractivity contribution is 5.84. The molecule has 1 unspecified atom stereocenters. The molecule has 0 bridgehead atoms. The zero-order chi connectivity index (χ0) is 13.7. The molecule has 2 aromatic rings. The minimum absolute atomic E-state index is 0.222. The van der Waals surface area contributed by atoms with Gasteiger partial charge < -0.3 is 10.2 Å². The van der Waals surface area contributed by atoms with Crippen LogP contribution >= 0.6 is 0 Å². The van der Waals surface area contributed by atoms with Gasteiger partial charge in [-0.05, 0) is 55.8 Å². The van der Waals surface area contributed by atoms with Gasteiger partial charge >= 0.3 is 0 Å². The molecule has 0 spiro atoms. The Morgan fingerprint density at radius 1 is 1.26 bits per heavy atom. The summed E-state index contributed by atoms with van der Waals surface area (Å²) in [4.78, 5) is 4.33. The number of phenolic OH excluding ortho intramolecular Hbond substituents is 1. The summed E-state index contributed by atoms with van der Waals surface area (Å²) in [6.07, 6.45) is 8.38. The lowest BCUT2D eigenvalue weighted by Gasteiger charge is -2.01. The maximum atomic E-state index is 9.38. The summed E-state index contributed by atoms with van der Waals surface area (Å²) in [5.41, 5.74) is 0.912. The summed E-state index contributed by atoms with van der Waals surface area (Å²) >= 11 is 0. The van der Waals surface area contributed by atoms with Gasteiger partial charge in [0.1, 0.15) is 5.75 Å². The second-order valence-corrected chi connectivity index (χ2v) is 4.82. The molecule has 0 amide bonds. The predicted molar refractivity (Wildman–Crippen MR) is 78.0 cm³/mol. The number of aromatic nitrogens is 1. The van der Waals surface area contributed by atoms with Crippen molar-refractivity contribution in [2.24, 2.45) is 0 Å². The fourth-order valence-corrected chi connectivity index (χ4v) is 1.97. The monoisotopic (exact) mass is 257 g/mol. The minimum Gasteiger partial charge on any atom is -0.508 e. The molecule has 1 aromatic heterocycles. The molecule has 2 N–H and O–H groups in total. The lowest BCUT2D eigenvalue weighted by Crippen LogP contribution is -1.97. The summed E-state index contributed by atoms with van der Waals surface area (Å²) in [5.74, 6) is 0.260. The first kappa shape index (κ1) is 13.6. The third kappa shape index (κ3) is 4.07. The largest absolute Gasteiger partial charge is 0.508 e. The molecule has 100 valence electrons. The lowest BCUT2D eigenvalue weighted by atomic mass is 10.1. The van der Waals surface area contributed by atoms with E-state index < -0.39 is 0 Å². The molecule has 3 heteroatoms. The Labute approximate surface area is 113 Å². The van der Waals surface area contributed by atoms with Crippen LogP contribution in [0.2, 0.25) is 0 Å². The van der Waals surface area contributed by atoms with E-state index in [2.05, 4.69) is 11.1 Å². The van der Waals surface area contributed by atoms with E-state index in [0.717, 1.165) is 35.7 Å². The van der Waals surface area contributed by atoms with E-state index in [1.54, 1.807) is 18.3 Å². The van der Waals surface area contributed by atoms with Crippen LogP contribution in [-0.4, -0.2) is 21.3 Å². The van der Waals surface area contributed by atoms with Crippen LogP contribution in [0.1, 0.15) is 31.9 Å². The molecule has 1 atom stereocenters. The summed E-state index contributed by atoms with van der Waals surface area (Å²) in [6.45, 7) is 1.81. The fraction of sp³-hybridized carbons (Fsp3) is 0.312. The molecule has 0 fully saturated rings. The van der Waals surface area contributed by atoms with Crippen molar-refractivity contribution in [2.45, 2.75) is 32.3 Å². The molecule has 0 aliphatic rings. The highest BCUT2D eigenvalue weighted by Crippen LogP contribution is 2.20. The molecule has 2 rings (SSSR count). The number of benzene rings is 1. The standard InChI is InChI=1S/C16H19NO2/c1-12(18)5-3-2-4-6-15-9-13-7-8-16(19)10-14(13)11-17-15/h4,6-12,18-19H,2-3,5H2,1H3/b6-4+. The van der Waals surface area contributed by atoms with Crippen LogP contribution in [0.15, 0.2) is 36.5 Å². The van der Waals surface area contributed by atoms with Gasteiger partial charge in [0.25, 0.3) is 0 Å². The molecular formula is C16H19NO2. The van der Waals surface area contributed by atoms with Crippen LogP contribution in [0.3, 0.4) is 0 Å². The van der Waals surface area contributed by atoms with Gasteiger partial charge in [-0.2, -0.15) is 0 Å². The van der Waals surface area contributed by atoms with Crippen molar-refractivity contribution in [2.75, 3.05) is 0 Å². The van der Waals surface area contributed by atoms with E-state index in [1.807, 2.05) is 25.1 Å². The number of pyridine rings is 1. The quantitative estimate of drug-likeness (QED) is 0.806. The highest BCUT2D eigenvalue weighted by Gasteiger charge is 1.97. The molecule has 0 saturated heterocycles. The second-order valence-electron chi connectivity index (χ2n) is 4.82. The van der Waals surface area contributed by atoms with Gasteiger partial charge in [0.05, 0.1) is 11.8 Å². The zero-order valence-corrected chi connectivity index (χ0v) is 11.1. The topological polar surface area (TPSA) is 53.4 Å². The molecule has 1 aromatic carbocycles. The van der Waals surface area contributed by atoms with E-state index in [0.29, 0.717) is 0 Å². The number of phenols is 1. The van der Waals surface area contributed by atoms with Gasteiger partial charge in [0.15, 0.2) is 0 Å². The lowest BCUT2D eigenvalue weighted by molar-refractivity contribution is 0.182. The number of fused-ring (bicyclic) bond motifs is 1. The van der Waals surface area contributed by atoms with Crippen molar-refractivity contribution in [3.8, 4) is 5.75 Å². The van der Waals surface area contributed by atoms with Gasteiger partial charge in [-0.1, -0.05) is 12.1 Å². The SMILES string of the molecule is CC(O)CCC/C=C/c1cc2ccc(O)cc2cn1. The molecule has 19 heavy (non-hydrogen) atoms. The first-order chi connectivity index (χ1) is 9.15. The number of aromatic hydroxyl groups is 1. The molecular weight excluding hydrogens is 238 g/mol. The zero-order valence-electron chi connectivity index (χ0n) is 11.1. The van der Waals surface area contributed by atoms with E-state index in [4.69, 9.17) is 5.11 Å². The Morgan fingerprint density at radius 2 is 2.11 bits per heavy atom. The summed E-state index contributed by atoms with van der Waals surface area (Å²) in [6, 6.07) is 7.27. The fourth-order valence-electron chi connectivity index (χ4n) is 1.97. The van der Waals surface area contributed by atoms with Gasteiger partial charge in [0, 0.05) is 11.6 Å². The van der Waals surface area contributed by atoms with Crippen LogP contribution in [0.4, 0.5) is 0 Å². The Kier molecular flexibility index (Phi) is 4.53. The number of aliphatic hydroxyl groups is 1. The Balaban J connectivity index is 2.01. The first-order valence-electron chi connectivity index (χ1n) is 6.58. The summed E-state index contributed by atoms with van der Waals surface area (Å²) in [7, 11) is 0. The predicted octanol–water partition coefficient (Wildman–Crippen LogP) is 3.50. The summed E-state index contributed by atoms with van der Waals surface area (Å²) < 4.78 is 0. The van der Waals surface area contributed by atoms with Crippen LogP contribution in [0.25, 0.3) is 16.8 Å². The van der Waals surface area contributed by atoms with E-state index in [9.17, 15) is 5.11 Å². The van der Waals surface area contributed by atoms with Gasteiger partial charge in [-0.15, -0.1) is 0 Å². The smallest absolute Gasteiger partial charge is 0.116 e. The maximum Gasteiger partial charge on any atom is 0.116 e. The molecule has 0 aliphatic heterocycles. The van der Waals surface area contributed by atoms with E-state index >= 15 is 0 Å². The number of hydrogen-bond acceptors (Lipinski definition) is 3.